The topological polar surface area (TPSA) is 59.8 Å². The molecule has 1 aromatic rings. The van der Waals surface area contributed by atoms with Crippen molar-refractivity contribution in [1.29, 1.82) is 0 Å². The van der Waals surface area contributed by atoms with Crippen LogP contribution in [-0.4, -0.2) is 38.6 Å². The maximum absolute atomic E-state index is 12.0. The van der Waals surface area contributed by atoms with E-state index in [1.54, 1.807) is 12.1 Å². The number of benzene rings is 1. The molecule has 5 nitrogen and oxygen atoms in total. The SMILES string of the molecule is COC(=O)c1ccc(CNC(=O)C[NH+]2CCCCCC2)cc1. The van der Waals surface area contributed by atoms with Gasteiger partial charge >= 0.3 is 5.97 Å². The Morgan fingerprint density at radius 3 is 2.32 bits per heavy atom. The zero-order valence-corrected chi connectivity index (χ0v) is 13.2. The number of hydrogen-bond acceptors (Lipinski definition) is 3. The Kier molecular flexibility index (Phi) is 6.40. The molecule has 0 spiro atoms. The molecule has 1 heterocycles. The van der Waals surface area contributed by atoms with Gasteiger partial charge in [-0.05, 0) is 43.4 Å². The van der Waals surface area contributed by atoms with Gasteiger partial charge in [0.05, 0.1) is 25.8 Å². The lowest BCUT2D eigenvalue weighted by molar-refractivity contribution is -0.891. The van der Waals surface area contributed by atoms with Gasteiger partial charge in [0.1, 0.15) is 0 Å². The summed E-state index contributed by atoms with van der Waals surface area (Å²) in [4.78, 5) is 24.7. The van der Waals surface area contributed by atoms with E-state index >= 15 is 0 Å². The fraction of sp³-hybridized carbons (Fsp3) is 0.529. The van der Waals surface area contributed by atoms with E-state index in [2.05, 4.69) is 10.1 Å². The van der Waals surface area contributed by atoms with Gasteiger partial charge in [-0.3, -0.25) is 4.79 Å². The zero-order chi connectivity index (χ0) is 15.8. The fourth-order valence-corrected chi connectivity index (χ4v) is 2.77. The van der Waals surface area contributed by atoms with Gasteiger partial charge in [0.15, 0.2) is 6.54 Å². The van der Waals surface area contributed by atoms with Crippen LogP contribution in [0.4, 0.5) is 0 Å². The summed E-state index contributed by atoms with van der Waals surface area (Å²) in [5, 5.41) is 2.95. The van der Waals surface area contributed by atoms with Crippen LogP contribution in [0.3, 0.4) is 0 Å². The molecule has 1 fully saturated rings. The van der Waals surface area contributed by atoms with E-state index < -0.39 is 0 Å². The Morgan fingerprint density at radius 1 is 1.09 bits per heavy atom. The average Bonchev–Trinajstić information content (AvgIpc) is 2.81. The summed E-state index contributed by atoms with van der Waals surface area (Å²) in [7, 11) is 1.36. The number of rotatable bonds is 5. The van der Waals surface area contributed by atoms with E-state index in [4.69, 9.17) is 0 Å². The third-order valence-electron chi connectivity index (χ3n) is 4.09. The molecule has 0 atom stereocenters. The first-order chi connectivity index (χ1) is 10.7. The van der Waals surface area contributed by atoms with Crippen molar-refractivity contribution in [2.75, 3.05) is 26.7 Å². The summed E-state index contributed by atoms with van der Waals surface area (Å²) in [6.45, 7) is 3.25. The van der Waals surface area contributed by atoms with Crippen molar-refractivity contribution in [2.45, 2.75) is 32.2 Å². The minimum Gasteiger partial charge on any atom is -0.465 e. The molecule has 0 saturated carbocycles. The quantitative estimate of drug-likeness (QED) is 0.781. The van der Waals surface area contributed by atoms with Gasteiger partial charge in [-0.2, -0.15) is 0 Å². The number of methoxy groups -OCH3 is 1. The maximum atomic E-state index is 12.0. The molecular weight excluding hydrogens is 280 g/mol. The monoisotopic (exact) mass is 305 g/mol. The van der Waals surface area contributed by atoms with Crippen molar-refractivity contribution >= 4 is 11.9 Å². The van der Waals surface area contributed by atoms with Crippen LogP contribution in [0.5, 0.6) is 0 Å². The van der Waals surface area contributed by atoms with Gasteiger partial charge in [0.2, 0.25) is 0 Å². The molecule has 0 radical (unpaired) electrons. The number of nitrogens with one attached hydrogen (secondary N) is 2. The first kappa shape index (κ1) is 16.5. The van der Waals surface area contributed by atoms with E-state index in [1.807, 2.05) is 12.1 Å². The highest BCUT2D eigenvalue weighted by atomic mass is 16.5. The first-order valence-electron chi connectivity index (χ1n) is 7.96. The predicted octanol–water partition coefficient (Wildman–Crippen LogP) is 0.548. The molecule has 1 aliphatic heterocycles. The van der Waals surface area contributed by atoms with Gasteiger partial charge < -0.3 is 15.0 Å². The largest absolute Gasteiger partial charge is 0.465 e. The summed E-state index contributed by atoms with van der Waals surface area (Å²) in [6.07, 6.45) is 5.02. The van der Waals surface area contributed by atoms with Crippen molar-refractivity contribution < 1.29 is 19.2 Å². The summed E-state index contributed by atoms with van der Waals surface area (Å²) in [5.74, 6) is -0.255. The third-order valence-corrected chi connectivity index (χ3v) is 4.09. The summed E-state index contributed by atoms with van der Waals surface area (Å²) < 4.78 is 4.66. The Bertz CT molecular complexity index is 491. The van der Waals surface area contributed by atoms with E-state index in [-0.39, 0.29) is 11.9 Å². The molecule has 22 heavy (non-hydrogen) atoms. The fourth-order valence-electron chi connectivity index (χ4n) is 2.77. The van der Waals surface area contributed by atoms with Crippen LogP contribution in [-0.2, 0) is 16.1 Å². The van der Waals surface area contributed by atoms with Crippen molar-refractivity contribution in [3.8, 4) is 0 Å². The molecule has 0 bridgehead atoms. The number of ether oxygens (including phenoxy) is 1. The molecule has 1 saturated heterocycles. The minimum atomic E-state index is -0.347. The van der Waals surface area contributed by atoms with E-state index in [0.717, 1.165) is 18.7 Å². The van der Waals surface area contributed by atoms with Gasteiger partial charge in [0.25, 0.3) is 5.91 Å². The molecule has 2 N–H and O–H groups in total. The number of carbonyl (C=O) groups is 2. The molecule has 5 heteroatoms. The second-order valence-electron chi connectivity index (χ2n) is 5.81. The normalized spacial score (nSPS) is 15.9. The van der Waals surface area contributed by atoms with Crippen molar-refractivity contribution in [2.24, 2.45) is 0 Å². The van der Waals surface area contributed by atoms with Crippen molar-refractivity contribution in [1.82, 2.24) is 5.32 Å². The Balaban J connectivity index is 1.76. The van der Waals surface area contributed by atoms with E-state index in [0.29, 0.717) is 18.7 Å². The molecule has 1 amide bonds. The van der Waals surface area contributed by atoms with Crippen LogP contribution < -0.4 is 10.2 Å². The highest BCUT2D eigenvalue weighted by Crippen LogP contribution is 2.05. The Hall–Kier alpha value is -1.88. The third kappa shape index (κ3) is 5.15. The van der Waals surface area contributed by atoms with E-state index in [1.165, 1.54) is 37.7 Å². The highest BCUT2D eigenvalue weighted by molar-refractivity contribution is 5.89. The molecule has 1 aliphatic rings. The van der Waals surface area contributed by atoms with Gasteiger partial charge in [0, 0.05) is 6.54 Å². The lowest BCUT2D eigenvalue weighted by atomic mass is 10.1. The summed E-state index contributed by atoms with van der Waals surface area (Å²) >= 11 is 0. The van der Waals surface area contributed by atoms with Crippen LogP contribution in [0, 0.1) is 0 Å². The number of hydrogen-bond donors (Lipinski definition) is 2. The molecule has 0 aliphatic carbocycles. The molecule has 2 rings (SSSR count). The van der Waals surface area contributed by atoms with Gasteiger partial charge in [-0.15, -0.1) is 0 Å². The standard InChI is InChI=1S/C17H24N2O3/c1-22-17(21)15-8-6-14(7-9-15)12-18-16(20)13-19-10-4-2-3-5-11-19/h6-9H,2-5,10-13H2,1H3,(H,18,20)/p+1. The van der Waals surface area contributed by atoms with Crippen LogP contribution in [0.1, 0.15) is 41.6 Å². The van der Waals surface area contributed by atoms with Crippen LogP contribution in [0.25, 0.3) is 0 Å². The number of quaternary nitrogens is 1. The summed E-state index contributed by atoms with van der Waals surface area (Å²) in [5.41, 5.74) is 1.50. The smallest absolute Gasteiger partial charge is 0.337 e. The Labute approximate surface area is 131 Å². The van der Waals surface area contributed by atoms with Crippen molar-refractivity contribution in [3.63, 3.8) is 0 Å². The minimum absolute atomic E-state index is 0.0916. The number of carbonyl (C=O) groups excluding carboxylic acids is 2. The van der Waals surface area contributed by atoms with Gasteiger partial charge in [-0.1, -0.05) is 12.1 Å². The highest BCUT2D eigenvalue weighted by Gasteiger charge is 2.16. The molecule has 1 aromatic carbocycles. The molecule has 0 unspecified atom stereocenters. The number of likely N-dealkylation sites (tertiary alicyclic amines) is 1. The number of esters is 1. The van der Waals surface area contributed by atoms with Crippen LogP contribution in [0.15, 0.2) is 24.3 Å². The molecule has 0 aromatic heterocycles. The average molecular weight is 305 g/mol. The zero-order valence-electron chi connectivity index (χ0n) is 13.2. The number of amides is 1. The predicted molar refractivity (Wildman–Crippen MR) is 83.7 cm³/mol. The summed E-state index contributed by atoms with van der Waals surface area (Å²) in [6, 6.07) is 7.11. The molecule has 120 valence electrons. The second kappa shape index (κ2) is 8.54. The van der Waals surface area contributed by atoms with E-state index in [9.17, 15) is 9.59 Å². The lowest BCUT2D eigenvalue weighted by Crippen LogP contribution is -3.13. The van der Waals surface area contributed by atoms with Crippen LogP contribution in [0.2, 0.25) is 0 Å². The van der Waals surface area contributed by atoms with Crippen LogP contribution >= 0.6 is 0 Å². The Morgan fingerprint density at radius 2 is 1.73 bits per heavy atom. The maximum Gasteiger partial charge on any atom is 0.337 e. The second-order valence-corrected chi connectivity index (χ2v) is 5.81. The lowest BCUT2D eigenvalue weighted by Gasteiger charge is -2.16. The van der Waals surface area contributed by atoms with Gasteiger partial charge in [-0.25, -0.2) is 4.79 Å². The first-order valence-corrected chi connectivity index (χ1v) is 7.96. The van der Waals surface area contributed by atoms with Crippen molar-refractivity contribution in [3.05, 3.63) is 35.4 Å². The molecular formula is C17H25N2O3+.